The molecule has 1 atom stereocenters. The number of esters is 2. The summed E-state index contributed by atoms with van der Waals surface area (Å²) in [5, 5.41) is 0. The molecule has 4 nitrogen and oxygen atoms in total. The fourth-order valence-corrected chi connectivity index (χ4v) is 2.12. The number of rotatable bonds is 9. The van der Waals surface area contributed by atoms with Crippen molar-refractivity contribution in [3.05, 3.63) is 0 Å². The molecule has 4 heteroatoms. The fourth-order valence-electron chi connectivity index (χ4n) is 2.12. The van der Waals surface area contributed by atoms with E-state index in [2.05, 4.69) is 18.6 Å². The summed E-state index contributed by atoms with van der Waals surface area (Å²) in [6, 6.07) is 0. The molecule has 0 fully saturated rings. The first-order valence-corrected chi connectivity index (χ1v) is 6.70. The second-order valence-electron chi connectivity index (χ2n) is 4.94. The third kappa shape index (κ3) is 7.30. The molecule has 0 aliphatic carbocycles. The van der Waals surface area contributed by atoms with Crippen molar-refractivity contribution in [3.8, 4) is 0 Å². The van der Waals surface area contributed by atoms with Crippen LogP contribution in [0, 0.1) is 5.41 Å². The largest absolute Gasteiger partial charge is 0.469 e. The van der Waals surface area contributed by atoms with E-state index in [1.54, 1.807) is 6.92 Å². The molecule has 0 saturated carbocycles. The molecule has 0 aliphatic rings. The summed E-state index contributed by atoms with van der Waals surface area (Å²) in [7, 11) is 1.40. The minimum absolute atomic E-state index is 0.00962. The maximum Gasteiger partial charge on any atom is 0.305 e. The predicted molar refractivity (Wildman–Crippen MR) is 70.1 cm³/mol. The molecule has 0 saturated heterocycles. The van der Waals surface area contributed by atoms with Gasteiger partial charge in [0, 0.05) is 12.8 Å². The van der Waals surface area contributed by atoms with Gasteiger partial charge in [0.15, 0.2) is 0 Å². The third-order valence-corrected chi connectivity index (χ3v) is 3.25. The van der Waals surface area contributed by atoms with Crippen molar-refractivity contribution in [3.63, 3.8) is 0 Å². The lowest BCUT2D eigenvalue weighted by molar-refractivity contribution is -0.143. The van der Waals surface area contributed by atoms with Gasteiger partial charge in [-0.05, 0) is 31.6 Å². The maximum absolute atomic E-state index is 11.4. The molecule has 0 rings (SSSR count). The zero-order chi connectivity index (χ0) is 14.0. The molecular weight excluding hydrogens is 232 g/mol. The van der Waals surface area contributed by atoms with E-state index >= 15 is 0 Å². The van der Waals surface area contributed by atoms with Crippen LogP contribution in [0.5, 0.6) is 0 Å². The van der Waals surface area contributed by atoms with E-state index < -0.39 is 0 Å². The van der Waals surface area contributed by atoms with Gasteiger partial charge < -0.3 is 9.47 Å². The van der Waals surface area contributed by atoms with Crippen molar-refractivity contribution >= 4 is 11.9 Å². The molecule has 0 N–H and O–H groups in total. The first-order valence-electron chi connectivity index (χ1n) is 6.70. The lowest BCUT2D eigenvalue weighted by Gasteiger charge is -2.28. The molecule has 0 aromatic rings. The van der Waals surface area contributed by atoms with Gasteiger partial charge in [-0.2, -0.15) is 0 Å². The van der Waals surface area contributed by atoms with Gasteiger partial charge in [-0.25, -0.2) is 0 Å². The summed E-state index contributed by atoms with van der Waals surface area (Å²) < 4.78 is 9.59. The molecular formula is C14H26O4. The smallest absolute Gasteiger partial charge is 0.305 e. The molecule has 1 unspecified atom stereocenters. The average Bonchev–Trinajstić information content (AvgIpc) is 2.34. The van der Waals surface area contributed by atoms with Gasteiger partial charge in [0.1, 0.15) is 0 Å². The van der Waals surface area contributed by atoms with Gasteiger partial charge in [0.25, 0.3) is 0 Å². The second kappa shape index (κ2) is 8.95. The summed E-state index contributed by atoms with van der Waals surface area (Å²) in [6.45, 7) is 6.46. The summed E-state index contributed by atoms with van der Waals surface area (Å²) in [6.07, 6.45) is 4.40. The Morgan fingerprint density at radius 3 is 2.00 bits per heavy atom. The van der Waals surface area contributed by atoms with E-state index in [1.807, 2.05) is 0 Å². The van der Waals surface area contributed by atoms with Crippen LogP contribution in [0.25, 0.3) is 0 Å². The molecule has 0 amide bonds. The Labute approximate surface area is 110 Å². The second-order valence-corrected chi connectivity index (χ2v) is 4.94. The van der Waals surface area contributed by atoms with Crippen molar-refractivity contribution < 1.29 is 19.1 Å². The molecule has 0 spiro atoms. The van der Waals surface area contributed by atoms with E-state index in [1.165, 1.54) is 7.11 Å². The normalized spacial score (nSPS) is 13.8. The number of carbonyl (C=O) groups excluding carboxylic acids is 2. The molecule has 18 heavy (non-hydrogen) atoms. The Balaban J connectivity index is 4.23. The first kappa shape index (κ1) is 16.9. The summed E-state index contributed by atoms with van der Waals surface area (Å²) in [4.78, 5) is 22.6. The van der Waals surface area contributed by atoms with Crippen LogP contribution in [0.15, 0.2) is 0 Å². The van der Waals surface area contributed by atoms with Gasteiger partial charge in [-0.15, -0.1) is 0 Å². The lowest BCUT2D eigenvalue weighted by Crippen LogP contribution is -2.20. The van der Waals surface area contributed by atoms with E-state index in [4.69, 9.17) is 4.74 Å². The highest BCUT2D eigenvalue weighted by Gasteiger charge is 2.25. The van der Waals surface area contributed by atoms with Gasteiger partial charge >= 0.3 is 11.9 Å². The first-order chi connectivity index (χ1) is 8.47. The van der Waals surface area contributed by atoms with Crippen LogP contribution in [0.2, 0.25) is 0 Å². The van der Waals surface area contributed by atoms with Crippen molar-refractivity contribution in [1.82, 2.24) is 0 Å². The van der Waals surface area contributed by atoms with Crippen LogP contribution >= 0.6 is 0 Å². The van der Waals surface area contributed by atoms with Crippen LogP contribution in [0.3, 0.4) is 0 Å². The van der Waals surface area contributed by atoms with Crippen molar-refractivity contribution in [2.75, 3.05) is 13.7 Å². The standard InChI is InChI=1S/C14H26O4/c1-5-9-14(3,10-7-12(15)17-4)11-8-13(16)18-6-2/h5-11H2,1-4H3. The minimum atomic E-state index is -0.187. The van der Waals surface area contributed by atoms with E-state index in [0.29, 0.717) is 19.4 Å². The summed E-state index contributed by atoms with van der Waals surface area (Å²) >= 11 is 0. The quantitative estimate of drug-likeness (QED) is 0.596. The van der Waals surface area contributed by atoms with Crippen molar-refractivity contribution in [2.45, 2.75) is 59.3 Å². The number of carbonyl (C=O) groups is 2. The Kier molecular flexibility index (Phi) is 8.42. The third-order valence-electron chi connectivity index (χ3n) is 3.25. The van der Waals surface area contributed by atoms with Crippen molar-refractivity contribution in [2.24, 2.45) is 5.41 Å². The highest BCUT2D eigenvalue weighted by molar-refractivity contribution is 5.70. The molecule has 106 valence electrons. The fraction of sp³-hybridized carbons (Fsp3) is 0.857. The molecule has 0 aromatic carbocycles. The number of methoxy groups -OCH3 is 1. The summed E-state index contributed by atoms with van der Waals surface area (Å²) in [5.41, 5.74) is 0.00962. The van der Waals surface area contributed by atoms with Gasteiger partial charge in [-0.3, -0.25) is 9.59 Å². The van der Waals surface area contributed by atoms with Gasteiger partial charge in [0.2, 0.25) is 0 Å². The minimum Gasteiger partial charge on any atom is -0.469 e. The SMILES string of the molecule is CCCC(C)(CCC(=O)OC)CCC(=O)OCC. The van der Waals surface area contributed by atoms with Gasteiger partial charge in [-0.1, -0.05) is 20.3 Å². The Morgan fingerprint density at radius 2 is 1.56 bits per heavy atom. The van der Waals surface area contributed by atoms with Gasteiger partial charge in [0.05, 0.1) is 13.7 Å². The van der Waals surface area contributed by atoms with E-state index in [-0.39, 0.29) is 17.4 Å². The number of hydrogen-bond acceptors (Lipinski definition) is 4. The number of hydrogen-bond donors (Lipinski definition) is 0. The summed E-state index contributed by atoms with van der Waals surface area (Å²) in [5.74, 6) is -0.341. The zero-order valence-electron chi connectivity index (χ0n) is 12.1. The molecule has 0 radical (unpaired) electrons. The van der Waals surface area contributed by atoms with Crippen LogP contribution in [-0.2, 0) is 19.1 Å². The molecule has 0 aliphatic heterocycles. The van der Waals surface area contributed by atoms with E-state index in [9.17, 15) is 9.59 Å². The topological polar surface area (TPSA) is 52.6 Å². The van der Waals surface area contributed by atoms with E-state index in [0.717, 1.165) is 25.7 Å². The Hall–Kier alpha value is -1.06. The molecule has 0 aromatic heterocycles. The Bertz CT molecular complexity index is 263. The van der Waals surface area contributed by atoms with Crippen molar-refractivity contribution in [1.29, 1.82) is 0 Å². The maximum atomic E-state index is 11.4. The molecule has 0 bridgehead atoms. The average molecular weight is 258 g/mol. The van der Waals surface area contributed by atoms with Crippen LogP contribution in [0.4, 0.5) is 0 Å². The monoisotopic (exact) mass is 258 g/mol. The molecule has 0 heterocycles. The lowest BCUT2D eigenvalue weighted by atomic mass is 9.77. The zero-order valence-corrected chi connectivity index (χ0v) is 12.1. The van der Waals surface area contributed by atoms with Crippen LogP contribution < -0.4 is 0 Å². The number of ether oxygens (including phenoxy) is 2. The highest BCUT2D eigenvalue weighted by atomic mass is 16.5. The highest BCUT2D eigenvalue weighted by Crippen LogP contribution is 2.34. The Morgan fingerprint density at radius 1 is 1.00 bits per heavy atom. The predicted octanol–water partition coefficient (Wildman–Crippen LogP) is 3.09. The van der Waals surface area contributed by atoms with Crippen LogP contribution in [-0.4, -0.2) is 25.7 Å². The van der Waals surface area contributed by atoms with Crippen LogP contribution in [0.1, 0.15) is 59.3 Å².